The van der Waals surface area contributed by atoms with Crippen molar-refractivity contribution in [2.24, 2.45) is 0 Å². The van der Waals surface area contributed by atoms with Crippen LogP contribution >= 0.6 is 11.3 Å². The van der Waals surface area contributed by atoms with E-state index in [0.717, 1.165) is 19.4 Å². The lowest BCUT2D eigenvalue weighted by atomic mass is 9.96. The van der Waals surface area contributed by atoms with Gasteiger partial charge in [0.15, 0.2) is 0 Å². The summed E-state index contributed by atoms with van der Waals surface area (Å²) < 4.78 is 0. The number of nitrogens with zero attached hydrogens (tertiary/aromatic N) is 2. The molecule has 2 rings (SSSR count). The first kappa shape index (κ1) is 14.9. The molecule has 108 valence electrons. The molecule has 1 aromatic rings. The van der Waals surface area contributed by atoms with Crippen LogP contribution in [0.25, 0.3) is 0 Å². The second-order valence-corrected chi connectivity index (χ2v) is 7.43. The monoisotopic (exact) mass is 281 g/mol. The molecule has 1 N–H and O–H groups in total. The third kappa shape index (κ3) is 2.86. The minimum Gasteiger partial charge on any atom is -0.302 e. The molecule has 2 atom stereocenters. The van der Waals surface area contributed by atoms with Gasteiger partial charge in [-0.25, -0.2) is 4.98 Å². The maximum absolute atomic E-state index is 4.93. The number of likely N-dealkylation sites (tertiary alicyclic amines) is 1. The molecule has 3 nitrogen and oxygen atoms in total. The maximum Gasteiger partial charge on any atom is 0.115 e. The normalized spacial score (nSPS) is 28.5. The fourth-order valence-electron chi connectivity index (χ4n) is 3.14. The Morgan fingerprint density at radius 1 is 1.53 bits per heavy atom. The topological polar surface area (TPSA) is 28.2 Å². The fraction of sp³-hybridized carbons (Fsp3) is 0.800. The Bertz CT molecular complexity index is 423. The van der Waals surface area contributed by atoms with E-state index in [1.807, 2.05) is 11.3 Å². The standard InChI is InChI=1S/C15H27N3S/c1-7-13-12(5)19-14(16-13)15(17-10(2)3)8-11(4)18(6)9-15/h10-11,17H,7-9H2,1-6H3. The van der Waals surface area contributed by atoms with E-state index < -0.39 is 0 Å². The van der Waals surface area contributed by atoms with Gasteiger partial charge < -0.3 is 10.2 Å². The predicted molar refractivity (Wildman–Crippen MR) is 82.9 cm³/mol. The Morgan fingerprint density at radius 2 is 2.21 bits per heavy atom. The molecule has 0 radical (unpaired) electrons. The molecule has 1 aromatic heterocycles. The number of aryl methyl sites for hydroxylation is 2. The summed E-state index contributed by atoms with van der Waals surface area (Å²) in [6, 6.07) is 1.09. The second-order valence-electron chi connectivity index (χ2n) is 6.22. The van der Waals surface area contributed by atoms with Gasteiger partial charge in [-0.1, -0.05) is 6.92 Å². The third-order valence-electron chi connectivity index (χ3n) is 4.12. The molecular formula is C15H27N3S. The lowest BCUT2D eigenvalue weighted by molar-refractivity contribution is 0.285. The molecule has 0 saturated carbocycles. The molecule has 0 aromatic carbocycles. The van der Waals surface area contributed by atoms with E-state index in [4.69, 9.17) is 4.98 Å². The van der Waals surface area contributed by atoms with Gasteiger partial charge in [-0.05, 0) is 47.6 Å². The highest BCUT2D eigenvalue weighted by Gasteiger charge is 2.44. The summed E-state index contributed by atoms with van der Waals surface area (Å²) in [6.45, 7) is 12.2. The van der Waals surface area contributed by atoms with Crippen LogP contribution in [0.5, 0.6) is 0 Å². The average molecular weight is 281 g/mol. The average Bonchev–Trinajstić information content (AvgIpc) is 2.81. The van der Waals surface area contributed by atoms with E-state index >= 15 is 0 Å². The lowest BCUT2D eigenvalue weighted by Gasteiger charge is -2.30. The van der Waals surface area contributed by atoms with Gasteiger partial charge in [-0.3, -0.25) is 0 Å². The van der Waals surface area contributed by atoms with E-state index in [1.54, 1.807) is 0 Å². The Hall–Kier alpha value is -0.450. The minimum absolute atomic E-state index is 0.0468. The van der Waals surface area contributed by atoms with Crippen molar-refractivity contribution in [3.8, 4) is 0 Å². The maximum atomic E-state index is 4.93. The number of hydrogen-bond donors (Lipinski definition) is 1. The second kappa shape index (κ2) is 5.51. The molecule has 0 bridgehead atoms. The van der Waals surface area contributed by atoms with E-state index in [1.165, 1.54) is 15.6 Å². The Kier molecular flexibility index (Phi) is 4.33. The van der Waals surface area contributed by atoms with Crippen LogP contribution in [0, 0.1) is 6.92 Å². The molecule has 19 heavy (non-hydrogen) atoms. The molecule has 0 spiro atoms. The van der Waals surface area contributed by atoms with Gasteiger partial charge in [0.25, 0.3) is 0 Å². The van der Waals surface area contributed by atoms with E-state index in [2.05, 4.69) is 51.9 Å². The van der Waals surface area contributed by atoms with E-state index in [-0.39, 0.29) is 5.54 Å². The quantitative estimate of drug-likeness (QED) is 0.920. The summed E-state index contributed by atoms with van der Waals surface area (Å²) >= 11 is 1.88. The molecule has 2 unspecified atom stereocenters. The van der Waals surface area contributed by atoms with Crippen molar-refractivity contribution in [2.45, 2.75) is 65.1 Å². The number of likely N-dealkylation sites (N-methyl/N-ethyl adjacent to an activating group) is 1. The zero-order valence-corrected chi connectivity index (χ0v) is 13.9. The van der Waals surface area contributed by atoms with Crippen LogP contribution in [0.2, 0.25) is 0 Å². The summed E-state index contributed by atoms with van der Waals surface area (Å²) in [6.07, 6.45) is 2.18. The molecule has 1 aliphatic heterocycles. The number of thiazole rings is 1. The van der Waals surface area contributed by atoms with Crippen LogP contribution in [0.15, 0.2) is 0 Å². The third-order valence-corrected chi connectivity index (χ3v) is 5.33. The van der Waals surface area contributed by atoms with Crippen molar-refractivity contribution in [2.75, 3.05) is 13.6 Å². The Balaban J connectivity index is 2.37. The lowest BCUT2D eigenvalue weighted by Crippen LogP contribution is -2.47. The van der Waals surface area contributed by atoms with Gasteiger partial charge in [0, 0.05) is 23.5 Å². The molecule has 0 aliphatic carbocycles. The predicted octanol–water partition coefficient (Wildman–Crippen LogP) is 2.93. The molecule has 1 aliphatic rings. The Labute approximate surface area is 121 Å². The van der Waals surface area contributed by atoms with Gasteiger partial charge in [0.1, 0.15) is 5.01 Å². The van der Waals surface area contributed by atoms with Gasteiger partial charge in [-0.15, -0.1) is 11.3 Å². The summed E-state index contributed by atoms with van der Waals surface area (Å²) in [5.41, 5.74) is 1.32. The van der Waals surface area contributed by atoms with Crippen molar-refractivity contribution in [1.82, 2.24) is 15.2 Å². The van der Waals surface area contributed by atoms with Gasteiger partial charge >= 0.3 is 0 Å². The van der Waals surface area contributed by atoms with Gasteiger partial charge in [0.05, 0.1) is 11.2 Å². The van der Waals surface area contributed by atoms with Crippen LogP contribution in [0.1, 0.15) is 49.7 Å². The van der Waals surface area contributed by atoms with Crippen molar-refractivity contribution in [1.29, 1.82) is 0 Å². The largest absolute Gasteiger partial charge is 0.302 e. The van der Waals surface area contributed by atoms with Crippen molar-refractivity contribution in [3.63, 3.8) is 0 Å². The van der Waals surface area contributed by atoms with Crippen LogP contribution in [0.3, 0.4) is 0 Å². The van der Waals surface area contributed by atoms with Crippen LogP contribution in [-0.4, -0.2) is 35.6 Å². The molecule has 1 saturated heterocycles. The number of aromatic nitrogens is 1. The zero-order chi connectivity index (χ0) is 14.2. The molecule has 2 heterocycles. The highest BCUT2D eigenvalue weighted by molar-refractivity contribution is 7.11. The number of hydrogen-bond acceptors (Lipinski definition) is 4. The minimum atomic E-state index is 0.0468. The first-order valence-corrected chi connectivity index (χ1v) is 8.14. The van der Waals surface area contributed by atoms with Crippen molar-refractivity contribution < 1.29 is 0 Å². The summed E-state index contributed by atoms with van der Waals surface area (Å²) in [5.74, 6) is 0. The van der Waals surface area contributed by atoms with Crippen LogP contribution in [0.4, 0.5) is 0 Å². The van der Waals surface area contributed by atoms with Crippen molar-refractivity contribution >= 4 is 11.3 Å². The first-order valence-electron chi connectivity index (χ1n) is 7.32. The Morgan fingerprint density at radius 3 is 2.63 bits per heavy atom. The first-order chi connectivity index (χ1) is 8.88. The summed E-state index contributed by atoms with van der Waals surface area (Å²) in [4.78, 5) is 8.76. The molecule has 4 heteroatoms. The molecule has 0 amide bonds. The van der Waals surface area contributed by atoms with Crippen molar-refractivity contribution in [3.05, 3.63) is 15.6 Å². The molecule has 1 fully saturated rings. The van der Waals surface area contributed by atoms with Gasteiger partial charge in [0.2, 0.25) is 0 Å². The van der Waals surface area contributed by atoms with Crippen LogP contribution in [-0.2, 0) is 12.0 Å². The van der Waals surface area contributed by atoms with Gasteiger partial charge in [-0.2, -0.15) is 0 Å². The SMILES string of the molecule is CCc1nc(C2(NC(C)C)CC(C)N(C)C2)sc1C. The van der Waals surface area contributed by atoms with Crippen LogP contribution < -0.4 is 5.32 Å². The zero-order valence-electron chi connectivity index (χ0n) is 13.1. The molecular weight excluding hydrogens is 254 g/mol. The summed E-state index contributed by atoms with van der Waals surface area (Å²) in [5, 5.41) is 5.09. The van der Waals surface area contributed by atoms with E-state index in [9.17, 15) is 0 Å². The van der Waals surface area contributed by atoms with E-state index in [0.29, 0.717) is 12.1 Å². The summed E-state index contributed by atoms with van der Waals surface area (Å²) in [7, 11) is 2.22. The fourth-order valence-corrected chi connectivity index (χ4v) is 4.30. The number of nitrogens with one attached hydrogen (secondary N) is 1. The highest BCUT2D eigenvalue weighted by Crippen LogP contribution is 2.38. The highest BCUT2D eigenvalue weighted by atomic mass is 32.1. The smallest absolute Gasteiger partial charge is 0.115 e. The number of rotatable bonds is 4.